The lowest BCUT2D eigenvalue weighted by molar-refractivity contribution is -0.158. The molecule has 7 nitrogen and oxygen atoms in total. The van der Waals surface area contributed by atoms with Gasteiger partial charge in [0, 0.05) is 12.0 Å². The molecule has 0 aliphatic rings. The SMILES string of the molecule is C=C(CC(C)(C)C)C(=O)OCCNC(=O)OC(C)(C)CCCCCC(=O)OC(C)(C)CC(CC)CCCC. The van der Waals surface area contributed by atoms with Crippen LogP contribution in [0, 0.1) is 11.3 Å². The van der Waals surface area contributed by atoms with Crippen LogP contribution in [-0.4, -0.2) is 42.4 Å². The number of rotatable bonds is 19. The number of nitrogens with one attached hydrogen (secondary N) is 1. The lowest BCUT2D eigenvalue weighted by Crippen LogP contribution is -2.36. The number of carbonyl (C=O) groups excluding carboxylic acids is 3. The van der Waals surface area contributed by atoms with Crippen LogP contribution in [0.15, 0.2) is 12.2 Å². The molecule has 1 atom stereocenters. The second-order valence-corrected chi connectivity index (χ2v) is 13.0. The van der Waals surface area contributed by atoms with Crippen LogP contribution in [0.4, 0.5) is 4.79 Å². The van der Waals surface area contributed by atoms with Crippen molar-refractivity contribution in [3.05, 3.63) is 12.2 Å². The highest BCUT2D eigenvalue weighted by Gasteiger charge is 2.27. The number of unbranched alkanes of at least 4 members (excludes halogenated alkanes) is 3. The van der Waals surface area contributed by atoms with Crippen LogP contribution in [0.5, 0.6) is 0 Å². The van der Waals surface area contributed by atoms with Crippen molar-refractivity contribution in [1.82, 2.24) is 5.32 Å². The number of alkyl carbamates (subject to hydrolysis) is 1. The summed E-state index contributed by atoms with van der Waals surface area (Å²) in [5.41, 5.74) is -0.702. The fourth-order valence-electron chi connectivity index (χ4n) is 4.49. The lowest BCUT2D eigenvalue weighted by atomic mass is 9.87. The number of carbonyl (C=O) groups is 3. The van der Waals surface area contributed by atoms with Crippen molar-refractivity contribution >= 4 is 18.0 Å². The van der Waals surface area contributed by atoms with Crippen LogP contribution in [0.2, 0.25) is 0 Å². The van der Waals surface area contributed by atoms with E-state index in [1.54, 1.807) is 0 Å². The summed E-state index contributed by atoms with van der Waals surface area (Å²) in [5.74, 6) is 0.00328. The minimum Gasteiger partial charge on any atom is -0.460 e. The highest BCUT2D eigenvalue weighted by molar-refractivity contribution is 5.87. The summed E-state index contributed by atoms with van der Waals surface area (Å²) < 4.78 is 16.5. The smallest absolute Gasteiger partial charge is 0.407 e. The monoisotopic (exact) mass is 539 g/mol. The van der Waals surface area contributed by atoms with E-state index in [0.29, 0.717) is 30.8 Å². The maximum atomic E-state index is 12.4. The Morgan fingerprint density at radius 2 is 1.53 bits per heavy atom. The van der Waals surface area contributed by atoms with Gasteiger partial charge in [0.15, 0.2) is 0 Å². The van der Waals surface area contributed by atoms with Crippen LogP contribution in [0.1, 0.15) is 133 Å². The van der Waals surface area contributed by atoms with E-state index in [-0.39, 0.29) is 24.5 Å². The Morgan fingerprint density at radius 1 is 0.868 bits per heavy atom. The van der Waals surface area contributed by atoms with E-state index in [9.17, 15) is 14.4 Å². The van der Waals surface area contributed by atoms with Gasteiger partial charge in [-0.3, -0.25) is 4.79 Å². The van der Waals surface area contributed by atoms with E-state index in [1.807, 2.05) is 48.5 Å². The zero-order valence-corrected chi connectivity index (χ0v) is 25.9. The van der Waals surface area contributed by atoms with Gasteiger partial charge in [0.05, 0.1) is 6.54 Å². The molecule has 7 heteroatoms. The highest BCUT2D eigenvalue weighted by atomic mass is 16.6. The van der Waals surface area contributed by atoms with Crippen molar-refractivity contribution in [2.45, 2.75) is 144 Å². The Morgan fingerprint density at radius 3 is 2.11 bits per heavy atom. The summed E-state index contributed by atoms with van der Waals surface area (Å²) in [6.45, 7) is 22.2. The third-order valence-corrected chi connectivity index (χ3v) is 6.38. The Kier molecular flexibility index (Phi) is 16.6. The number of ether oxygens (including phenoxy) is 3. The van der Waals surface area contributed by atoms with Gasteiger partial charge in [-0.2, -0.15) is 0 Å². The van der Waals surface area contributed by atoms with Crippen LogP contribution >= 0.6 is 0 Å². The molecule has 1 unspecified atom stereocenters. The molecule has 0 spiro atoms. The average molecular weight is 540 g/mol. The molecule has 0 aromatic carbocycles. The standard InChI is InChI=1S/C31H57NO6/c1-11-13-17-25(12-2)23-31(9,10)37-26(33)18-15-14-16-19-30(7,8)38-28(35)32-20-21-36-27(34)24(3)22-29(4,5)6/h25H,3,11-23H2,1-2,4-10H3,(H,32,35). The van der Waals surface area contributed by atoms with E-state index in [1.165, 1.54) is 19.3 Å². The molecule has 0 aliphatic heterocycles. The van der Waals surface area contributed by atoms with Gasteiger partial charge in [-0.15, -0.1) is 0 Å². The van der Waals surface area contributed by atoms with Crippen LogP contribution in [0.3, 0.4) is 0 Å². The molecule has 0 saturated heterocycles. The van der Waals surface area contributed by atoms with Crippen molar-refractivity contribution in [3.63, 3.8) is 0 Å². The molecule has 0 aromatic rings. The Labute approximate surface area is 232 Å². The molecule has 0 saturated carbocycles. The fourth-order valence-corrected chi connectivity index (χ4v) is 4.49. The Hall–Kier alpha value is -2.05. The number of hydrogen-bond acceptors (Lipinski definition) is 6. The summed E-state index contributed by atoms with van der Waals surface area (Å²) in [6, 6.07) is 0. The van der Waals surface area contributed by atoms with Crippen LogP contribution in [0.25, 0.3) is 0 Å². The summed E-state index contributed by atoms with van der Waals surface area (Å²) >= 11 is 0. The van der Waals surface area contributed by atoms with Crippen molar-refractivity contribution in [3.8, 4) is 0 Å². The van der Waals surface area contributed by atoms with Gasteiger partial charge < -0.3 is 19.5 Å². The molecule has 1 amide bonds. The lowest BCUT2D eigenvalue weighted by Gasteiger charge is -2.29. The molecule has 0 heterocycles. The molecule has 0 fully saturated rings. The first-order valence-corrected chi connectivity index (χ1v) is 14.5. The van der Waals surface area contributed by atoms with Gasteiger partial charge in [0.1, 0.15) is 17.8 Å². The quantitative estimate of drug-likeness (QED) is 0.0776. The predicted molar refractivity (Wildman–Crippen MR) is 154 cm³/mol. The number of esters is 2. The topological polar surface area (TPSA) is 90.9 Å². The summed E-state index contributed by atoms with van der Waals surface area (Å²) in [4.78, 5) is 36.5. The van der Waals surface area contributed by atoms with E-state index >= 15 is 0 Å². The van der Waals surface area contributed by atoms with E-state index in [0.717, 1.165) is 32.1 Å². The normalized spacial score (nSPS) is 13.0. The summed E-state index contributed by atoms with van der Waals surface area (Å²) in [7, 11) is 0. The van der Waals surface area contributed by atoms with Crippen molar-refractivity contribution in [1.29, 1.82) is 0 Å². The fraction of sp³-hybridized carbons (Fsp3) is 0.839. The van der Waals surface area contributed by atoms with Crippen molar-refractivity contribution in [2.75, 3.05) is 13.2 Å². The first-order chi connectivity index (χ1) is 17.5. The van der Waals surface area contributed by atoms with E-state index in [4.69, 9.17) is 14.2 Å². The average Bonchev–Trinajstić information content (AvgIpc) is 2.77. The van der Waals surface area contributed by atoms with Gasteiger partial charge in [0.25, 0.3) is 0 Å². The second kappa shape index (κ2) is 17.5. The van der Waals surface area contributed by atoms with E-state index in [2.05, 4.69) is 25.7 Å². The number of hydrogen-bond donors (Lipinski definition) is 1. The molecule has 222 valence electrons. The molecule has 0 bridgehead atoms. The minimum atomic E-state index is -0.641. The van der Waals surface area contributed by atoms with Gasteiger partial charge in [0.2, 0.25) is 0 Å². The first kappa shape index (κ1) is 35.9. The Balaban J connectivity index is 4.15. The minimum absolute atomic E-state index is 0.0457. The highest BCUT2D eigenvalue weighted by Crippen LogP contribution is 2.27. The van der Waals surface area contributed by atoms with Gasteiger partial charge in [-0.05, 0) is 71.1 Å². The largest absolute Gasteiger partial charge is 0.460 e. The van der Waals surface area contributed by atoms with Crippen molar-refractivity contribution < 1.29 is 28.6 Å². The summed E-state index contributed by atoms with van der Waals surface area (Å²) in [5, 5.41) is 2.62. The Bertz CT molecular complexity index is 735. The first-order valence-electron chi connectivity index (χ1n) is 14.5. The van der Waals surface area contributed by atoms with Gasteiger partial charge in [-0.25, -0.2) is 9.59 Å². The molecular weight excluding hydrogens is 482 g/mol. The predicted octanol–water partition coefficient (Wildman–Crippen LogP) is 7.91. The zero-order chi connectivity index (χ0) is 29.4. The molecule has 0 aliphatic carbocycles. The maximum absolute atomic E-state index is 12.4. The molecule has 1 N–H and O–H groups in total. The van der Waals surface area contributed by atoms with Gasteiger partial charge in [-0.1, -0.05) is 73.3 Å². The molecule has 38 heavy (non-hydrogen) atoms. The second-order valence-electron chi connectivity index (χ2n) is 13.0. The summed E-state index contributed by atoms with van der Waals surface area (Å²) in [6.07, 6.45) is 9.12. The maximum Gasteiger partial charge on any atom is 0.407 e. The third kappa shape index (κ3) is 19.1. The van der Waals surface area contributed by atoms with Crippen LogP contribution in [-0.2, 0) is 23.8 Å². The van der Waals surface area contributed by atoms with Gasteiger partial charge >= 0.3 is 18.0 Å². The molecule has 0 radical (unpaired) electrons. The van der Waals surface area contributed by atoms with Crippen LogP contribution < -0.4 is 5.32 Å². The zero-order valence-electron chi connectivity index (χ0n) is 25.9. The molecular formula is C31H57NO6. The number of amides is 1. The van der Waals surface area contributed by atoms with Crippen molar-refractivity contribution in [2.24, 2.45) is 11.3 Å². The molecule has 0 aromatic heterocycles. The van der Waals surface area contributed by atoms with E-state index < -0.39 is 23.3 Å². The third-order valence-electron chi connectivity index (χ3n) is 6.38. The molecule has 0 rings (SSSR count).